The second-order valence-corrected chi connectivity index (χ2v) is 9.24. The van der Waals surface area contributed by atoms with Crippen LogP contribution in [0.1, 0.15) is 28.5 Å². The quantitative estimate of drug-likeness (QED) is 0.378. The van der Waals surface area contributed by atoms with Crippen LogP contribution in [0.15, 0.2) is 82.4 Å². The number of fused-ring (bicyclic) bond motifs is 5. The fraction of sp³-hybridized carbons (Fsp3) is 0.172. The monoisotopic (exact) mass is 463 g/mol. The Morgan fingerprint density at radius 1 is 0.800 bits per heavy atom. The average Bonchev–Trinajstić information content (AvgIpc) is 3.23. The van der Waals surface area contributed by atoms with E-state index in [1.807, 2.05) is 80.6 Å². The highest BCUT2D eigenvalue weighted by molar-refractivity contribution is 5.98. The lowest BCUT2D eigenvalue weighted by Gasteiger charge is -2.30. The number of hydrogen-bond acceptors (Lipinski definition) is 3. The number of aryl methyl sites for hydroxylation is 3. The molecule has 35 heavy (non-hydrogen) atoms. The Morgan fingerprint density at radius 2 is 1.54 bits per heavy atom. The number of benzene rings is 3. The van der Waals surface area contributed by atoms with Gasteiger partial charge in [-0.15, -0.1) is 0 Å². The van der Waals surface area contributed by atoms with Crippen molar-refractivity contribution in [3.05, 3.63) is 116 Å². The Bertz CT molecular complexity index is 1750. The molecule has 6 nitrogen and oxygen atoms in total. The van der Waals surface area contributed by atoms with E-state index in [0.29, 0.717) is 10.9 Å². The van der Waals surface area contributed by atoms with Crippen molar-refractivity contribution < 1.29 is 4.74 Å². The van der Waals surface area contributed by atoms with Crippen LogP contribution < -0.4 is 16.0 Å². The maximum absolute atomic E-state index is 13.7. The molecule has 1 atom stereocenters. The number of hydrogen-bond donors (Lipinski definition) is 0. The molecular formula is C29H25N3O3. The minimum absolute atomic E-state index is 0.318. The highest BCUT2D eigenvalue weighted by atomic mass is 16.5. The first kappa shape index (κ1) is 21.2. The molecule has 0 N–H and O–H groups in total. The third kappa shape index (κ3) is 3.03. The van der Waals surface area contributed by atoms with Crippen molar-refractivity contribution in [2.24, 2.45) is 14.1 Å². The van der Waals surface area contributed by atoms with Crippen LogP contribution in [0.5, 0.6) is 5.75 Å². The largest absolute Gasteiger partial charge is 0.477 e. The minimum atomic E-state index is -0.496. The van der Waals surface area contributed by atoms with Crippen LogP contribution in [0.2, 0.25) is 0 Å². The van der Waals surface area contributed by atoms with E-state index in [1.165, 1.54) is 11.6 Å². The summed E-state index contributed by atoms with van der Waals surface area (Å²) in [6.07, 6.45) is -0.496. The molecule has 3 heterocycles. The summed E-state index contributed by atoms with van der Waals surface area (Å²) in [4.78, 5) is 26.8. The molecule has 174 valence electrons. The first-order chi connectivity index (χ1) is 16.9. The normalized spacial score (nSPS) is 14.5. The number of nitrogens with zero attached hydrogens (tertiary/aromatic N) is 3. The highest BCUT2D eigenvalue weighted by Crippen LogP contribution is 2.46. The summed E-state index contributed by atoms with van der Waals surface area (Å²) >= 11 is 0. The Labute approximate surface area is 202 Å². The molecule has 1 aliphatic rings. The van der Waals surface area contributed by atoms with Gasteiger partial charge in [-0.05, 0) is 37.1 Å². The van der Waals surface area contributed by atoms with Crippen LogP contribution in [0.4, 0.5) is 0 Å². The summed E-state index contributed by atoms with van der Waals surface area (Å²) < 4.78 is 11.5. The lowest BCUT2D eigenvalue weighted by Crippen LogP contribution is -2.37. The molecule has 5 aromatic rings. The zero-order valence-corrected chi connectivity index (χ0v) is 20.1. The van der Waals surface area contributed by atoms with Crippen molar-refractivity contribution in [1.82, 2.24) is 13.7 Å². The minimum Gasteiger partial charge on any atom is -0.477 e. The van der Waals surface area contributed by atoms with Gasteiger partial charge < -0.3 is 9.30 Å². The SMILES string of the molecule is Cc1ccc(-c2c3c(=O)n(C)c(=O)n(C)c3c3n2-c2ccccc2O[C@H]3c2cccc(C)c2)cc1. The van der Waals surface area contributed by atoms with Gasteiger partial charge in [0, 0.05) is 14.1 Å². The number of ether oxygens (including phenoxy) is 1. The van der Waals surface area contributed by atoms with Crippen molar-refractivity contribution in [3.63, 3.8) is 0 Å². The molecule has 0 saturated carbocycles. The van der Waals surface area contributed by atoms with Gasteiger partial charge in [0.25, 0.3) is 5.56 Å². The van der Waals surface area contributed by atoms with E-state index in [4.69, 9.17) is 4.74 Å². The molecule has 0 saturated heterocycles. The first-order valence-corrected chi connectivity index (χ1v) is 11.6. The average molecular weight is 464 g/mol. The first-order valence-electron chi connectivity index (χ1n) is 11.6. The fourth-order valence-electron chi connectivity index (χ4n) is 5.16. The fourth-order valence-corrected chi connectivity index (χ4v) is 5.16. The predicted octanol–water partition coefficient (Wildman–Crippen LogP) is 4.79. The van der Waals surface area contributed by atoms with Crippen LogP contribution in [-0.2, 0) is 14.1 Å². The predicted molar refractivity (Wildman–Crippen MR) is 138 cm³/mol. The second kappa shape index (κ2) is 7.60. The van der Waals surface area contributed by atoms with E-state index >= 15 is 0 Å². The maximum Gasteiger partial charge on any atom is 0.331 e. The van der Waals surface area contributed by atoms with Gasteiger partial charge in [0.15, 0.2) is 6.10 Å². The van der Waals surface area contributed by atoms with Gasteiger partial charge in [0.2, 0.25) is 0 Å². The van der Waals surface area contributed by atoms with Crippen LogP contribution in [-0.4, -0.2) is 13.7 Å². The highest BCUT2D eigenvalue weighted by Gasteiger charge is 2.36. The molecule has 6 heteroatoms. The van der Waals surface area contributed by atoms with Crippen molar-refractivity contribution in [3.8, 4) is 22.7 Å². The molecule has 0 unspecified atom stereocenters. The smallest absolute Gasteiger partial charge is 0.331 e. The van der Waals surface area contributed by atoms with Gasteiger partial charge in [-0.3, -0.25) is 13.9 Å². The van der Waals surface area contributed by atoms with Crippen LogP contribution in [0.25, 0.3) is 27.8 Å². The Kier molecular flexibility index (Phi) is 4.61. The molecule has 0 amide bonds. The standard InChI is InChI=1S/C29H25N3O3/c1-17-12-14-19(15-13-17)24-23-25(30(3)29(34)31(4)28(23)33)26-27(20-9-7-8-18(2)16-20)35-22-11-6-5-10-21(22)32(24)26/h5-16,27H,1-4H3/t27-/m0/s1. The maximum atomic E-state index is 13.7. The molecule has 0 spiro atoms. The van der Waals surface area contributed by atoms with Crippen LogP contribution in [0, 0.1) is 13.8 Å². The number of para-hydroxylation sites is 2. The molecule has 0 aliphatic carbocycles. The van der Waals surface area contributed by atoms with E-state index in [9.17, 15) is 9.59 Å². The molecule has 0 radical (unpaired) electrons. The molecule has 6 rings (SSSR count). The second-order valence-electron chi connectivity index (χ2n) is 9.24. The summed E-state index contributed by atoms with van der Waals surface area (Å²) in [5.74, 6) is 0.724. The van der Waals surface area contributed by atoms with Crippen molar-refractivity contribution in [2.45, 2.75) is 20.0 Å². The summed E-state index contributed by atoms with van der Waals surface area (Å²) in [7, 11) is 3.25. The summed E-state index contributed by atoms with van der Waals surface area (Å²) in [5.41, 5.74) is 6.39. The zero-order chi connectivity index (χ0) is 24.4. The van der Waals surface area contributed by atoms with Gasteiger partial charge in [-0.1, -0.05) is 71.8 Å². The number of aromatic nitrogens is 3. The van der Waals surface area contributed by atoms with Gasteiger partial charge in [-0.2, -0.15) is 0 Å². The van der Waals surface area contributed by atoms with Crippen LogP contribution in [0.3, 0.4) is 0 Å². The molecule has 1 aliphatic heterocycles. The van der Waals surface area contributed by atoms with Gasteiger partial charge in [-0.25, -0.2) is 4.79 Å². The van der Waals surface area contributed by atoms with E-state index in [1.54, 1.807) is 11.6 Å². The van der Waals surface area contributed by atoms with E-state index in [2.05, 4.69) is 10.6 Å². The summed E-state index contributed by atoms with van der Waals surface area (Å²) in [6, 6.07) is 24.1. The third-order valence-electron chi connectivity index (χ3n) is 6.88. The lowest BCUT2D eigenvalue weighted by atomic mass is 10.0. The van der Waals surface area contributed by atoms with E-state index < -0.39 is 6.10 Å². The Morgan fingerprint density at radius 3 is 2.29 bits per heavy atom. The topological polar surface area (TPSA) is 58.2 Å². The molecule has 2 aromatic heterocycles. The van der Waals surface area contributed by atoms with Gasteiger partial charge in [0.05, 0.1) is 28.0 Å². The molecular weight excluding hydrogens is 438 g/mol. The van der Waals surface area contributed by atoms with Crippen LogP contribution >= 0.6 is 0 Å². The third-order valence-corrected chi connectivity index (χ3v) is 6.88. The zero-order valence-electron chi connectivity index (χ0n) is 20.1. The molecule has 0 bridgehead atoms. The summed E-state index contributed by atoms with van der Waals surface area (Å²) in [6.45, 7) is 4.08. The molecule has 3 aromatic carbocycles. The number of rotatable bonds is 2. The van der Waals surface area contributed by atoms with Crippen molar-refractivity contribution in [1.29, 1.82) is 0 Å². The van der Waals surface area contributed by atoms with E-state index in [0.717, 1.165) is 45.1 Å². The van der Waals surface area contributed by atoms with Crippen molar-refractivity contribution >= 4 is 10.9 Å². The van der Waals surface area contributed by atoms with Gasteiger partial charge in [0.1, 0.15) is 5.75 Å². The van der Waals surface area contributed by atoms with Crippen molar-refractivity contribution in [2.75, 3.05) is 0 Å². The van der Waals surface area contributed by atoms with Gasteiger partial charge >= 0.3 is 5.69 Å². The lowest BCUT2D eigenvalue weighted by molar-refractivity contribution is 0.229. The Balaban J connectivity index is 1.86. The van der Waals surface area contributed by atoms with E-state index in [-0.39, 0.29) is 11.2 Å². The Hall–Kier alpha value is -4.32. The molecule has 0 fully saturated rings. The summed E-state index contributed by atoms with van der Waals surface area (Å²) in [5, 5.41) is 0.506.